The molecule has 0 aliphatic carbocycles. The third-order valence-electron chi connectivity index (χ3n) is 7.14. The molecule has 0 fully saturated rings. The topological polar surface area (TPSA) is 93.1 Å². The van der Waals surface area contributed by atoms with Crippen LogP contribution in [0.3, 0.4) is 0 Å². The third-order valence-corrected chi connectivity index (χ3v) is 8.17. The fraction of sp³-hybridized carbons (Fsp3) is 0.966. The molecule has 0 aromatic rings. The molecule has 2 N–H and O–H groups in total. The van der Waals surface area contributed by atoms with Crippen molar-refractivity contribution in [1.82, 2.24) is 0 Å². The summed E-state index contributed by atoms with van der Waals surface area (Å²) in [6.45, 7) is 6.27. The van der Waals surface area contributed by atoms with Crippen LogP contribution in [0, 0.1) is 5.92 Å². The fourth-order valence-electron chi connectivity index (χ4n) is 4.74. The number of carbonyl (C=O) groups is 1. The van der Waals surface area contributed by atoms with Crippen LogP contribution in [0.1, 0.15) is 156 Å². The summed E-state index contributed by atoms with van der Waals surface area (Å²) >= 11 is 4.62. The van der Waals surface area contributed by atoms with Crippen LogP contribution in [0.4, 0.5) is 0 Å². The van der Waals surface area contributed by atoms with E-state index in [9.17, 15) is 14.5 Å². The van der Waals surface area contributed by atoms with Crippen LogP contribution in [0.5, 0.6) is 0 Å². The summed E-state index contributed by atoms with van der Waals surface area (Å²) in [5, 5.41) is 19.1. The number of carboxylic acids is 1. The SMILES string of the molecule is CCCCCCCCCCCCC(CCCCCCCCC)CC(S)OC(CC)OC(O)([PH2]=O)C(=O)O. The summed E-state index contributed by atoms with van der Waals surface area (Å²) in [4.78, 5) is 11.2. The van der Waals surface area contributed by atoms with Crippen LogP contribution < -0.4 is 0 Å². The van der Waals surface area contributed by atoms with Gasteiger partial charge in [0.15, 0.2) is 6.29 Å². The summed E-state index contributed by atoms with van der Waals surface area (Å²) in [5.41, 5.74) is -3.12. The van der Waals surface area contributed by atoms with Crippen LogP contribution in [0.2, 0.25) is 0 Å². The van der Waals surface area contributed by atoms with Crippen LogP contribution in [0.25, 0.3) is 0 Å². The molecule has 5 atom stereocenters. The molecule has 0 radical (unpaired) electrons. The van der Waals surface area contributed by atoms with Crippen molar-refractivity contribution in [3.63, 3.8) is 0 Å². The normalized spacial score (nSPS) is 16.1. The van der Waals surface area contributed by atoms with Gasteiger partial charge >= 0.3 is 11.5 Å². The molecule has 5 unspecified atom stereocenters. The Morgan fingerprint density at radius 2 is 1.19 bits per heavy atom. The first kappa shape index (κ1) is 36.9. The smallest absolute Gasteiger partial charge is 0.371 e. The van der Waals surface area contributed by atoms with Gasteiger partial charge in [0.25, 0.3) is 0 Å². The van der Waals surface area contributed by atoms with Crippen LogP contribution in [-0.4, -0.2) is 33.4 Å². The molecule has 0 spiro atoms. The zero-order chi connectivity index (χ0) is 27.8. The van der Waals surface area contributed by atoms with Crippen LogP contribution in [0.15, 0.2) is 0 Å². The highest BCUT2D eigenvalue weighted by molar-refractivity contribution is 7.80. The molecule has 0 saturated heterocycles. The van der Waals surface area contributed by atoms with E-state index in [0.29, 0.717) is 12.3 Å². The lowest BCUT2D eigenvalue weighted by Crippen LogP contribution is -2.40. The van der Waals surface area contributed by atoms with Gasteiger partial charge in [-0.2, -0.15) is 0 Å². The minimum Gasteiger partial charge on any atom is -0.477 e. The van der Waals surface area contributed by atoms with E-state index in [0.717, 1.165) is 19.3 Å². The van der Waals surface area contributed by atoms with Gasteiger partial charge in [-0.1, -0.05) is 143 Å². The van der Waals surface area contributed by atoms with E-state index in [4.69, 9.17) is 14.6 Å². The van der Waals surface area contributed by atoms with E-state index < -0.39 is 31.7 Å². The van der Waals surface area contributed by atoms with E-state index in [1.165, 1.54) is 109 Å². The minimum atomic E-state index is -2.69. The molecule has 222 valence electrons. The number of aliphatic hydroxyl groups is 1. The largest absolute Gasteiger partial charge is 0.477 e. The molecule has 0 aromatic carbocycles. The lowest BCUT2D eigenvalue weighted by molar-refractivity contribution is -0.256. The Morgan fingerprint density at radius 1 is 0.784 bits per heavy atom. The van der Waals surface area contributed by atoms with Gasteiger partial charge in [-0.25, -0.2) is 4.79 Å². The van der Waals surface area contributed by atoms with Gasteiger partial charge in [0.2, 0.25) is 0 Å². The predicted octanol–water partition coefficient (Wildman–Crippen LogP) is 8.96. The molecule has 0 aromatic heterocycles. The average molecular weight is 567 g/mol. The Balaban J connectivity index is 4.55. The number of rotatable bonds is 28. The maximum absolute atomic E-state index is 11.3. The van der Waals surface area contributed by atoms with E-state index in [2.05, 4.69) is 26.5 Å². The monoisotopic (exact) mass is 566 g/mol. The first-order valence-corrected chi connectivity index (χ1v) is 16.8. The number of carboxylic acid groups (broad SMARTS) is 1. The highest BCUT2D eigenvalue weighted by atomic mass is 32.1. The molecule has 0 aliphatic heterocycles. The Morgan fingerprint density at radius 3 is 1.54 bits per heavy atom. The van der Waals surface area contributed by atoms with Crippen molar-refractivity contribution in [2.75, 3.05) is 0 Å². The molecule has 37 heavy (non-hydrogen) atoms. The van der Waals surface area contributed by atoms with Crippen molar-refractivity contribution in [2.24, 2.45) is 5.92 Å². The van der Waals surface area contributed by atoms with E-state index in [-0.39, 0.29) is 0 Å². The fourth-order valence-corrected chi connectivity index (χ4v) is 5.48. The molecule has 0 bridgehead atoms. The van der Waals surface area contributed by atoms with E-state index in [1.807, 2.05) is 0 Å². The molecule has 8 heteroatoms. The van der Waals surface area contributed by atoms with Crippen molar-refractivity contribution in [3.8, 4) is 0 Å². The predicted molar refractivity (Wildman–Crippen MR) is 159 cm³/mol. The number of ether oxygens (including phenoxy) is 2. The zero-order valence-corrected chi connectivity index (χ0v) is 26.2. The van der Waals surface area contributed by atoms with Gasteiger partial charge in [0.1, 0.15) is 13.9 Å². The Hall–Kier alpha value is -0.0700. The van der Waals surface area contributed by atoms with Crippen molar-refractivity contribution < 1.29 is 29.0 Å². The second-order valence-corrected chi connectivity index (χ2v) is 12.2. The van der Waals surface area contributed by atoms with Crippen molar-refractivity contribution in [2.45, 2.75) is 173 Å². The maximum Gasteiger partial charge on any atom is 0.371 e. The Kier molecular flexibility index (Phi) is 24.9. The Labute approximate surface area is 234 Å². The highest BCUT2D eigenvalue weighted by Crippen LogP contribution is 2.29. The molecule has 0 heterocycles. The first-order valence-electron chi connectivity index (χ1n) is 15.3. The average Bonchev–Trinajstić information content (AvgIpc) is 2.88. The Bertz CT molecular complexity index is 552. The maximum atomic E-state index is 11.3. The van der Waals surface area contributed by atoms with E-state index in [1.54, 1.807) is 6.92 Å². The second kappa shape index (κ2) is 24.9. The molecule has 0 amide bonds. The second-order valence-electron chi connectivity index (χ2n) is 10.6. The van der Waals surface area contributed by atoms with Crippen molar-refractivity contribution >= 4 is 27.1 Å². The lowest BCUT2D eigenvalue weighted by Gasteiger charge is -2.28. The molecule has 6 nitrogen and oxygen atoms in total. The van der Waals surface area contributed by atoms with Crippen LogP contribution in [-0.2, 0) is 18.8 Å². The summed E-state index contributed by atoms with van der Waals surface area (Å²) in [6, 6.07) is 0. The number of hydrogen-bond acceptors (Lipinski definition) is 6. The first-order chi connectivity index (χ1) is 17.8. The number of thiol groups is 1. The van der Waals surface area contributed by atoms with Gasteiger partial charge < -0.3 is 24.3 Å². The van der Waals surface area contributed by atoms with Gasteiger partial charge in [0, 0.05) is 0 Å². The van der Waals surface area contributed by atoms with Gasteiger partial charge in [-0.3, -0.25) is 0 Å². The highest BCUT2D eigenvalue weighted by Gasteiger charge is 2.39. The van der Waals surface area contributed by atoms with Crippen molar-refractivity contribution in [3.05, 3.63) is 0 Å². The number of unbranched alkanes of at least 4 members (excludes halogenated alkanes) is 15. The molecule has 0 aliphatic rings. The van der Waals surface area contributed by atoms with Gasteiger partial charge in [-0.15, -0.1) is 12.6 Å². The molecule has 0 saturated carbocycles. The summed E-state index contributed by atoms with van der Waals surface area (Å²) in [6.07, 6.45) is 24.7. The standard InChI is InChI=1S/C29H59O6PS/c1-4-7-9-11-13-14-15-17-19-21-23-25(22-20-18-16-12-10-8-5-2)24-27(37)34-26(6-3)35-29(32,36-33)28(30)31/h25-27,32,37H,4-24,36H2,1-3H3,(H,30,31). The zero-order valence-electron chi connectivity index (χ0n) is 24.1. The van der Waals surface area contributed by atoms with Gasteiger partial charge in [-0.05, 0) is 18.8 Å². The van der Waals surface area contributed by atoms with Crippen molar-refractivity contribution in [1.29, 1.82) is 0 Å². The minimum absolute atomic E-state index is 0.326. The third kappa shape index (κ3) is 20.5. The number of aliphatic carboxylic acids is 1. The van der Waals surface area contributed by atoms with E-state index >= 15 is 0 Å². The number of hydrogen-bond donors (Lipinski definition) is 3. The van der Waals surface area contributed by atoms with Crippen LogP contribution >= 0.6 is 21.1 Å². The summed E-state index contributed by atoms with van der Waals surface area (Å²) in [5.74, 6) is -1.17. The molecule has 0 rings (SSSR count). The summed E-state index contributed by atoms with van der Waals surface area (Å²) in [7, 11) is -2.07. The molecular formula is C29H59O6PS. The lowest BCUT2D eigenvalue weighted by atomic mass is 9.91. The van der Waals surface area contributed by atoms with Gasteiger partial charge in [0.05, 0.1) is 0 Å². The quantitative estimate of drug-likeness (QED) is 0.0379. The summed E-state index contributed by atoms with van der Waals surface area (Å²) < 4.78 is 22.3. The molecular weight excluding hydrogens is 507 g/mol.